The van der Waals surface area contributed by atoms with Crippen molar-refractivity contribution in [2.45, 2.75) is 13.0 Å². The van der Waals surface area contributed by atoms with Gasteiger partial charge in [-0.2, -0.15) is 0 Å². The summed E-state index contributed by atoms with van der Waals surface area (Å²) < 4.78 is 0. The molecule has 12 heavy (non-hydrogen) atoms. The molecule has 0 saturated carbocycles. The standard InChI is InChI=1S/C9H10Cl2O/c1-6-4-7(9(12)5-10)2-3-8(6)11/h2-4,9,12H,5H2,1H3/t9-/m0/s1. The van der Waals surface area contributed by atoms with Crippen LogP contribution in [0.25, 0.3) is 0 Å². The van der Waals surface area contributed by atoms with Gasteiger partial charge in [0, 0.05) is 5.02 Å². The highest BCUT2D eigenvalue weighted by Crippen LogP contribution is 2.21. The SMILES string of the molecule is Cc1cc([C@@H](O)CCl)ccc1Cl. The van der Waals surface area contributed by atoms with E-state index in [1.54, 1.807) is 12.1 Å². The molecule has 0 radical (unpaired) electrons. The zero-order chi connectivity index (χ0) is 9.14. The smallest absolute Gasteiger partial charge is 0.0925 e. The number of rotatable bonds is 2. The highest BCUT2D eigenvalue weighted by molar-refractivity contribution is 6.31. The lowest BCUT2D eigenvalue weighted by Gasteiger charge is -2.08. The normalized spacial score (nSPS) is 13.0. The van der Waals surface area contributed by atoms with E-state index in [1.165, 1.54) is 0 Å². The monoisotopic (exact) mass is 204 g/mol. The third kappa shape index (κ3) is 2.13. The molecule has 1 aromatic rings. The third-order valence-electron chi connectivity index (χ3n) is 1.71. The van der Waals surface area contributed by atoms with E-state index < -0.39 is 6.10 Å². The summed E-state index contributed by atoms with van der Waals surface area (Å²) in [6.07, 6.45) is -0.595. The Morgan fingerprint density at radius 1 is 1.50 bits per heavy atom. The maximum absolute atomic E-state index is 9.37. The number of benzene rings is 1. The lowest BCUT2D eigenvalue weighted by Crippen LogP contribution is -1.98. The predicted octanol–water partition coefficient (Wildman–Crippen LogP) is 2.92. The summed E-state index contributed by atoms with van der Waals surface area (Å²) in [7, 11) is 0. The number of aliphatic hydroxyl groups is 1. The molecular formula is C9H10Cl2O. The number of aryl methyl sites for hydroxylation is 1. The molecule has 0 aliphatic rings. The second-order valence-corrected chi connectivity index (χ2v) is 3.39. The van der Waals surface area contributed by atoms with Crippen molar-refractivity contribution in [3.05, 3.63) is 34.3 Å². The van der Waals surface area contributed by atoms with Gasteiger partial charge in [0.1, 0.15) is 0 Å². The van der Waals surface area contributed by atoms with E-state index in [9.17, 15) is 5.11 Å². The summed E-state index contributed by atoms with van der Waals surface area (Å²) in [5.41, 5.74) is 1.77. The maximum Gasteiger partial charge on any atom is 0.0925 e. The predicted molar refractivity (Wildman–Crippen MR) is 51.9 cm³/mol. The van der Waals surface area contributed by atoms with Gasteiger partial charge in [-0.05, 0) is 24.1 Å². The molecule has 1 N–H and O–H groups in total. The van der Waals surface area contributed by atoms with Gasteiger partial charge in [0.2, 0.25) is 0 Å². The molecule has 1 rings (SSSR count). The van der Waals surface area contributed by atoms with Crippen LogP contribution in [-0.2, 0) is 0 Å². The molecule has 0 aliphatic heterocycles. The fraction of sp³-hybridized carbons (Fsp3) is 0.333. The van der Waals surface area contributed by atoms with Crippen LogP contribution in [0.3, 0.4) is 0 Å². The minimum absolute atomic E-state index is 0.209. The van der Waals surface area contributed by atoms with Gasteiger partial charge >= 0.3 is 0 Å². The van der Waals surface area contributed by atoms with Crippen molar-refractivity contribution in [1.29, 1.82) is 0 Å². The van der Waals surface area contributed by atoms with Crippen LogP contribution < -0.4 is 0 Å². The average molecular weight is 205 g/mol. The van der Waals surface area contributed by atoms with Gasteiger partial charge in [-0.15, -0.1) is 11.6 Å². The van der Waals surface area contributed by atoms with E-state index >= 15 is 0 Å². The van der Waals surface area contributed by atoms with Crippen LogP contribution in [0.15, 0.2) is 18.2 Å². The zero-order valence-electron chi connectivity index (χ0n) is 6.72. The van der Waals surface area contributed by atoms with Crippen LogP contribution in [-0.4, -0.2) is 11.0 Å². The van der Waals surface area contributed by atoms with Crippen LogP contribution in [0.2, 0.25) is 5.02 Å². The summed E-state index contributed by atoms with van der Waals surface area (Å²) in [6, 6.07) is 5.39. The van der Waals surface area contributed by atoms with Crippen molar-refractivity contribution in [2.75, 3.05) is 5.88 Å². The maximum atomic E-state index is 9.37. The number of aliphatic hydroxyl groups excluding tert-OH is 1. The van der Waals surface area contributed by atoms with Gasteiger partial charge in [0.15, 0.2) is 0 Å². The molecule has 0 fully saturated rings. The Kier molecular flexibility index (Phi) is 3.39. The van der Waals surface area contributed by atoms with Gasteiger partial charge in [0.25, 0.3) is 0 Å². The summed E-state index contributed by atoms with van der Waals surface area (Å²) >= 11 is 11.3. The minimum atomic E-state index is -0.595. The van der Waals surface area contributed by atoms with E-state index in [2.05, 4.69) is 0 Å². The Morgan fingerprint density at radius 2 is 2.17 bits per heavy atom. The van der Waals surface area contributed by atoms with Crippen molar-refractivity contribution in [3.8, 4) is 0 Å². The first-order valence-corrected chi connectivity index (χ1v) is 4.56. The van der Waals surface area contributed by atoms with E-state index in [-0.39, 0.29) is 5.88 Å². The fourth-order valence-electron chi connectivity index (χ4n) is 0.964. The molecule has 0 spiro atoms. The Bertz CT molecular complexity index is 273. The lowest BCUT2D eigenvalue weighted by atomic mass is 10.1. The van der Waals surface area contributed by atoms with Crippen LogP contribution in [0, 0.1) is 6.92 Å². The molecule has 0 amide bonds. The fourth-order valence-corrected chi connectivity index (χ4v) is 1.26. The number of halogens is 2. The van der Waals surface area contributed by atoms with Gasteiger partial charge < -0.3 is 5.11 Å². The molecule has 1 atom stereocenters. The molecule has 3 heteroatoms. The largest absolute Gasteiger partial charge is 0.387 e. The summed E-state index contributed by atoms with van der Waals surface area (Å²) in [6.45, 7) is 1.90. The lowest BCUT2D eigenvalue weighted by molar-refractivity contribution is 0.202. The molecule has 1 aromatic carbocycles. The Balaban J connectivity index is 2.96. The molecule has 66 valence electrons. The number of hydrogen-bond donors (Lipinski definition) is 1. The summed E-state index contributed by atoms with van der Waals surface area (Å²) in [5, 5.41) is 10.1. The average Bonchev–Trinajstić information content (AvgIpc) is 2.08. The Morgan fingerprint density at radius 3 is 2.67 bits per heavy atom. The highest BCUT2D eigenvalue weighted by atomic mass is 35.5. The van der Waals surface area contributed by atoms with Crippen molar-refractivity contribution >= 4 is 23.2 Å². The van der Waals surface area contributed by atoms with Gasteiger partial charge in [-0.25, -0.2) is 0 Å². The molecule has 1 nitrogen and oxygen atoms in total. The van der Waals surface area contributed by atoms with Crippen LogP contribution in [0.1, 0.15) is 17.2 Å². The minimum Gasteiger partial charge on any atom is -0.387 e. The van der Waals surface area contributed by atoms with Crippen molar-refractivity contribution in [1.82, 2.24) is 0 Å². The van der Waals surface area contributed by atoms with Gasteiger partial charge in [-0.1, -0.05) is 23.7 Å². The first-order chi connectivity index (χ1) is 5.65. The van der Waals surface area contributed by atoms with E-state index in [4.69, 9.17) is 23.2 Å². The Hall–Kier alpha value is -0.240. The molecular weight excluding hydrogens is 195 g/mol. The Labute approximate surface area is 81.9 Å². The molecule has 0 unspecified atom stereocenters. The second-order valence-electron chi connectivity index (χ2n) is 2.68. The van der Waals surface area contributed by atoms with Crippen molar-refractivity contribution < 1.29 is 5.11 Å². The number of alkyl halides is 1. The van der Waals surface area contributed by atoms with Gasteiger partial charge in [0.05, 0.1) is 12.0 Å². The first kappa shape index (κ1) is 9.85. The molecule has 0 heterocycles. The molecule has 0 aliphatic carbocycles. The zero-order valence-corrected chi connectivity index (χ0v) is 8.23. The summed E-state index contributed by atoms with van der Waals surface area (Å²) in [5.74, 6) is 0.209. The van der Waals surface area contributed by atoms with E-state index in [1.807, 2.05) is 13.0 Å². The third-order valence-corrected chi connectivity index (χ3v) is 2.43. The van der Waals surface area contributed by atoms with Gasteiger partial charge in [-0.3, -0.25) is 0 Å². The molecule has 0 aromatic heterocycles. The van der Waals surface area contributed by atoms with E-state index in [0.717, 1.165) is 11.1 Å². The highest BCUT2D eigenvalue weighted by Gasteiger charge is 2.06. The topological polar surface area (TPSA) is 20.2 Å². The van der Waals surface area contributed by atoms with Crippen LogP contribution in [0.5, 0.6) is 0 Å². The van der Waals surface area contributed by atoms with Crippen LogP contribution in [0.4, 0.5) is 0 Å². The quantitative estimate of drug-likeness (QED) is 0.736. The van der Waals surface area contributed by atoms with E-state index in [0.29, 0.717) is 5.02 Å². The molecule has 0 bridgehead atoms. The van der Waals surface area contributed by atoms with Crippen LogP contribution >= 0.6 is 23.2 Å². The summed E-state index contributed by atoms with van der Waals surface area (Å²) in [4.78, 5) is 0. The van der Waals surface area contributed by atoms with Crippen molar-refractivity contribution in [2.24, 2.45) is 0 Å². The first-order valence-electron chi connectivity index (χ1n) is 3.65. The number of hydrogen-bond acceptors (Lipinski definition) is 1. The van der Waals surface area contributed by atoms with Crippen molar-refractivity contribution in [3.63, 3.8) is 0 Å². The molecule has 0 saturated heterocycles. The second kappa shape index (κ2) is 4.13.